The zero-order chi connectivity index (χ0) is 17.1. The first-order valence-corrected chi connectivity index (χ1v) is 7.91. The van der Waals surface area contributed by atoms with Gasteiger partial charge < -0.3 is 9.15 Å². The molecule has 0 spiro atoms. The Hall–Kier alpha value is -2.89. The van der Waals surface area contributed by atoms with Crippen molar-refractivity contribution in [3.05, 3.63) is 68.3 Å². The van der Waals surface area contributed by atoms with Crippen LogP contribution in [-0.4, -0.2) is 9.97 Å². The topological polar surface area (TPSA) is 85.2 Å². The number of hydrogen-bond acceptors (Lipinski definition) is 5. The quantitative estimate of drug-likeness (QED) is 0.779. The van der Waals surface area contributed by atoms with E-state index >= 15 is 0 Å². The van der Waals surface area contributed by atoms with Crippen LogP contribution in [0.4, 0.5) is 0 Å². The highest BCUT2D eigenvalue weighted by atomic mass is 16.5. The minimum atomic E-state index is -0.529. The summed E-state index contributed by atoms with van der Waals surface area (Å²) in [6.45, 7) is 3.84. The van der Waals surface area contributed by atoms with Crippen LogP contribution in [0.25, 0.3) is 11.1 Å². The number of rotatable bonds is 5. The minimum Gasteiger partial charge on any atom is -0.456 e. The summed E-state index contributed by atoms with van der Waals surface area (Å²) in [6, 6.07) is 11.0. The normalized spacial score (nSPS) is 12.2. The van der Waals surface area contributed by atoms with Crippen LogP contribution in [0.2, 0.25) is 0 Å². The molecule has 24 heavy (non-hydrogen) atoms. The van der Waals surface area contributed by atoms with Crippen molar-refractivity contribution in [1.29, 1.82) is 0 Å². The van der Waals surface area contributed by atoms with Gasteiger partial charge in [0, 0.05) is 6.07 Å². The second-order valence-electron chi connectivity index (χ2n) is 5.42. The average molecular weight is 326 g/mol. The van der Waals surface area contributed by atoms with Crippen molar-refractivity contribution >= 4 is 11.1 Å². The lowest BCUT2D eigenvalue weighted by atomic mass is 10.1. The number of aryl methyl sites for hydroxylation is 1. The lowest BCUT2D eigenvalue weighted by Crippen LogP contribution is -2.17. The summed E-state index contributed by atoms with van der Waals surface area (Å²) >= 11 is 0. The van der Waals surface area contributed by atoms with Gasteiger partial charge in [0.05, 0.1) is 0 Å². The summed E-state index contributed by atoms with van der Waals surface area (Å²) in [6.07, 6.45) is 0.979. The van der Waals surface area contributed by atoms with Crippen molar-refractivity contribution in [3.63, 3.8) is 0 Å². The molecular weight excluding hydrogens is 308 g/mol. The summed E-state index contributed by atoms with van der Waals surface area (Å²) in [5, 5.41) is 0.289. The monoisotopic (exact) mass is 326 g/mol. The lowest BCUT2D eigenvalue weighted by Gasteiger charge is -2.16. The van der Waals surface area contributed by atoms with E-state index in [4.69, 9.17) is 9.15 Å². The van der Waals surface area contributed by atoms with E-state index in [0.29, 0.717) is 18.4 Å². The van der Waals surface area contributed by atoms with Crippen LogP contribution in [0.5, 0.6) is 6.01 Å². The molecule has 0 unspecified atom stereocenters. The molecule has 2 heterocycles. The number of aromatic amines is 1. The molecule has 0 fully saturated rings. The van der Waals surface area contributed by atoms with Crippen LogP contribution in [0.3, 0.4) is 0 Å². The molecule has 0 aliphatic rings. The molecule has 0 saturated heterocycles. The van der Waals surface area contributed by atoms with Gasteiger partial charge in [0.1, 0.15) is 11.5 Å². The first-order valence-electron chi connectivity index (χ1n) is 7.91. The van der Waals surface area contributed by atoms with Gasteiger partial charge in [-0.15, -0.1) is 0 Å². The molecule has 2 aromatic heterocycles. The van der Waals surface area contributed by atoms with Crippen molar-refractivity contribution in [2.24, 2.45) is 0 Å². The van der Waals surface area contributed by atoms with Gasteiger partial charge in [-0.1, -0.05) is 44.2 Å². The Morgan fingerprint density at radius 2 is 1.96 bits per heavy atom. The highest BCUT2D eigenvalue weighted by Crippen LogP contribution is 2.22. The van der Waals surface area contributed by atoms with Crippen LogP contribution >= 0.6 is 0 Å². The maximum atomic E-state index is 12.4. The van der Waals surface area contributed by atoms with Crippen LogP contribution in [-0.2, 0) is 6.42 Å². The molecule has 124 valence electrons. The number of benzene rings is 1. The van der Waals surface area contributed by atoms with Crippen molar-refractivity contribution in [2.45, 2.75) is 32.8 Å². The molecule has 1 aromatic carbocycles. The van der Waals surface area contributed by atoms with E-state index in [9.17, 15) is 9.59 Å². The number of nitrogens with zero attached hydrogens (tertiary/aromatic N) is 1. The number of ether oxygens (including phenoxy) is 1. The molecule has 3 rings (SSSR count). The Kier molecular flexibility index (Phi) is 4.46. The third kappa shape index (κ3) is 3.08. The van der Waals surface area contributed by atoms with E-state index in [2.05, 4.69) is 9.97 Å². The van der Waals surface area contributed by atoms with Gasteiger partial charge in [0.15, 0.2) is 0 Å². The Morgan fingerprint density at radius 3 is 2.62 bits per heavy atom. The summed E-state index contributed by atoms with van der Waals surface area (Å²) in [5.41, 5.74) is 0.682. The number of fused-ring (bicyclic) bond motifs is 1. The Labute approximate surface area is 138 Å². The molecular formula is C18H18N2O4. The standard InChI is InChI=1S/C18H18N2O4/c1-3-11-10-14(21)24-17-15(11)16(22)19-18(20-17)23-13(4-2)12-8-6-5-7-9-12/h5-10,13H,3-4H2,1-2H3,(H,19,20,22)/t13-/m0/s1. The molecule has 0 saturated carbocycles. The van der Waals surface area contributed by atoms with Gasteiger partial charge in [0.2, 0.25) is 5.71 Å². The fraction of sp³-hybridized carbons (Fsp3) is 0.278. The van der Waals surface area contributed by atoms with Crippen LogP contribution in [0.15, 0.2) is 50.4 Å². The first kappa shape index (κ1) is 16.0. The van der Waals surface area contributed by atoms with Gasteiger partial charge in [0.25, 0.3) is 11.6 Å². The van der Waals surface area contributed by atoms with Gasteiger partial charge in [-0.3, -0.25) is 9.78 Å². The van der Waals surface area contributed by atoms with Crippen LogP contribution in [0, 0.1) is 0 Å². The number of H-pyrrole nitrogens is 1. The molecule has 6 heteroatoms. The second-order valence-corrected chi connectivity index (χ2v) is 5.42. The molecule has 0 radical (unpaired) electrons. The Morgan fingerprint density at radius 1 is 1.21 bits per heavy atom. The maximum absolute atomic E-state index is 12.4. The molecule has 0 aliphatic heterocycles. The summed E-state index contributed by atoms with van der Waals surface area (Å²) in [5.74, 6) is 0. The van der Waals surface area contributed by atoms with Crippen LogP contribution < -0.4 is 15.9 Å². The van der Waals surface area contributed by atoms with E-state index in [1.165, 1.54) is 6.07 Å². The molecule has 1 N–H and O–H groups in total. The van der Waals surface area contributed by atoms with Gasteiger partial charge in [-0.25, -0.2) is 4.79 Å². The molecule has 0 bridgehead atoms. The van der Waals surface area contributed by atoms with E-state index in [-0.39, 0.29) is 28.8 Å². The van der Waals surface area contributed by atoms with Gasteiger partial charge in [-0.05, 0) is 24.0 Å². The largest absolute Gasteiger partial charge is 0.456 e. The van der Waals surface area contributed by atoms with E-state index in [1.54, 1.807) is 0 Å². The highest BCUT2D eigenvalue weighted by Gasteiger charge is 2.16. The lowest BCUT2D eigenvalue weighted by molar-refractivity contribution is 0.183. The SMILES string of the molecule is CCc1cc(=O)oc2nc(O[C@@H](CC)c3ccccc3)[nH]c(=O)c12. The number of hydrogen-bond donors (Lipinski definition) is 1. The fourth-order valence-corrected chi connectivity index (χ4v) is 2.65. The second kappa shape index (κ2) is 6.70. The number of nitrogens with one attached hydrogen (secondary N) is 1. The van der Waals surface area contributed by atoms with Crippen molar-refractivity contribution in [1.82, 2.24) is 9.97 Å². The minimum absolute atomic E-state index is 0.000940. The predicted molar refractivity (Wildman–Crippen MR) is 90.4 cm³/mol. The van der Waals surface area contributed by atoms with Crippen molar-refractivity contribution in [2.75, 3.05) is 0 Å². The van der Waals surface area contributed by atoms with Gasteiger partial charge >= 0.3 is 5.63 Å². The van der Waals surface area contributed by atoms with Crippen molar-refractivity contribution < 1.29 is 9.15 Å². The van der Waals surface area contributed by atoms with Gasteiger partial charge in [-0.2, -0.15) is 4.98 Å². The van der Waals surface area contributed by atoms with Crippen molar-refractivity contribution in [3.8, 4) is 6.01 Å². The van der Waals surface area contributed by atoms with E-state index in [0.717, 1.165) is 5.56 Å². The predicted octanol–water partition coefficient (Wildman–Crippen LogP) is 2.97. The third-order valence-corrected chi connectivity index (χ3v) is 3.85. The molecule has 3 aromatic rings. The summed E-state index contributed by atoms with van der Waals surface area (Å²) in [4.78, 5) is 30.8. The van der Waals surface area contributed by atoms with E-state index < -0.39 is 5.63 Å². The molecule has 0 amide bonds. The van der Waals surface area contributed by atoms with E-state index in [1.807, 2.05) is 44.2 Å². The molecule has 6 nitrogen and oxygen atoms in total. The Bertz CT molecular complexity index is 960. The summed E-state index contributed by atoms with van der Waals surface area (Å²) < 4.78 is 10.9. The number of aromatic nitrogens is 2. The Balaban J connectivity index is 2.05. The fourth-order valence-electron chi connectivity index (χ4n) is 2.65. The average Bonchev–Trinajstić information content (AvgIpc) is 2.59. The maximum Gasteiger partial charge on any atom is 0.337 e. The first-order chi connectivity index (χ1) is 11.6. The highest BCUT2D eigenvalue weighted by molar-refractivity contribution is 5.75. The molecule has 0 aliphatic carbocycles. The molecule has 1 atom stereocenters. The zero-order valence-corrected chi connectivity index (χ0v) is 13.5. The summed E-state index contributed by atoms with van der Waals surface area (Å²) in [7, 11) is 0. The smallest absolute Gasteiger partial charge is 0.337 e. The van der Waals surface area contributed by atoms with Crippen LogP contribution in [0.1, 0.15) is 37.5 Å². The zero-order valence-electron chi connectivity index (χ0n) is 13.5. The third-order valence-electron chi connectivity index (χ3n) is 3.85.